The van der Waals surface area contributed by atoms with Crippen LogP contribution in [0.2, 0.25) is 0 Å². The maximum atomic E-state index is 11.7. The zero-order valence-electron chi connectivity index (χ0n) is 13.8. The van der Waals surface area contributed by atoms with Gasteiger partial charge in [-0.05, 0) is 24.8 Å². The van der Waals surface area contributed by atoms with Crippen LogP contribution in [0, 0.1) is 0 Å². The van der Waals surface area contributed by atoms with Gasteiger partial charge in [0.15, 0.2) is 6.61 Å². The molecule has 0 fully saturated rings. The minimum Gasteiger partial charge on any atom is -0.456 e. The molecule has 126 valence electrons. The molecule has 0 bridgehead atoms. The smallest absolute Gasteiger partial charge is 0.321 e. The van der Waals surface area contributed by atoms with Crippen LogP contribution in [-0.2, 0) is 14.3 Å². The first-order valence-electron chi connectivity index (χ1n) is 7.73. The predicted molar refractivity (Wildman–Crippen MR) is 86.9 cm³/mol. The maximum Gasteiger partial charge on any atom is 0.321 e. The van der Waals surface area contributed by atoms with E-state index in [1.54, 1.807) is 0 Å². The van der Waals surface area contributed by atoms with Crippen molar-refractivity contribution >= 4 is 17.9 Å². The fourth-order valence-corrected chi connectivity index (χ4v) is 1.88. The Kier molecular flexibility index (Phi) is 7.80. The van der Waals surface area contributed by atoms with Crippen molar-refractivity contribution in [2.75, 3.05) is 6.61 Å². The van der Waals surface area contributed by atoms with E-state index in [2.05, 4.69) is 10.6 Å². The summed E-state index contributed by atoms with van der Waals surface area (Å²) in [6.07, 6.45) is 0.935. The minimum atomic E-state index is -0.647. The summed E-state index contributed by atoms with van der Waals surface area (Å²) in [4.78, 5) is 34.7. The van der Waals surface area contributed by atoms with Gasteiger partial charge < -0.3 is 10.1 Å². The second-order valence-electron chi connectivity index (χ2n) is 5.51. The number of amides is 3. The van der Waals surface area contributed by atoms with Gasteiger partial charge in [0.1, 0.15) is 0 Å². The first-order chi connectivity index (χ1) is 10.9. The lowest BCUT2D eigenvalue weighted by Gasteiger charge is -2.13. The van der Waals surface area contributed by atoms with Gasteiger partial charge >= 0.3 is 12.0 Å². The number of esters is 1. The maximum absolute atomic E-state index is 11.7. The highest BCUT2D eigenvalue weighted by molar-refractivity contribution is 5.95. The molecular weight excluding hydrogens is 296 g/mol. The van der Waals surface area contributed by atoms with Crippen molar-refractivity contribution in [1.29, 1.82) is 0 Å². The number of hydrogen-bond donors (Lipinski definition) is 2. The lowest BCUT2D eigenvalue weighted by atomic mass is 9.98. The third kappa shape index (κ3) is 7.44. The molecule has 2 N–H and O–H groups in total. The Bertz CT molecular complexity index is 531. The van der Waals surface area contributed by atoms with E-state index in [0.29, 0.717) is 0 Å². The Morgan fingerprint density at radius 3 is 2.39 bits per heavy atom. The van der Waals surface area contributed by atoms with Crippen molar-refractivity contribution in [3.05, 3.63) is 35.9 Å². The van der Waals surface area contributed by atoms with E-state index >= 15 is 0 Å². The number of benzene rings is 1. The van der Waals surface area contributed by atoms with E-state index in [1.807, 2.05) is 51.1 Å². The van der Waals surface area contributed by atoms with Gasteiger partial charge in [0.05, 0.1) is 6.42 Å². The molecule has 6 heteroatoms. The van der Waals surface area contributed by atoms with Crippen molar-refractivity contribution in [3.63, 3.8) is 0 Å². The van der Waals surface area contributed by atoms with Crippen LogP contribution >= 0.6 is 0 Å². The summed E-state index contributed by atoms with van der Waals surface area (Å²) >= 11 is 0. The molecule has 1 aromatic rings. The Morgan fingerprint density at radius 1 is 1.13 bits per heavy atom. The summed E-state index contributed by atoms with van der Waals surface area (Å²) in [7, 11) is 0. The number of urea groups is 1. The zero-order valence-corrected chi connectivity index (χ0v) is 13.8. The Hall–Kier alpha value is -2.37. The number of imide groups is 1. The number of nitrogens with one attached hydrogen (secondary N) is 2. The predicted octanol–water partition coefficient (Wildman–Crippen LogP) is 2.35. The van der Waals surface area contributed by atoms with Crippen molar-refractivity contribution in [1.82, 2.24) is 10.6 Å². The first-order valence-corrected chi connectivity index (χ1v) is 7.73. The van der Waals surface area contributed by atoms with Crippen molar-refractivity contribution < 1.29 is 19.1 Å². The van der Waals surface area contributed by atoms with E-state index < -0.39 is 24.5 Å². The highest BCUT2D eigenvalue weighted by Gasteiger charge is 2.15. The molecule has 6 nitrogen and oxygen atoms in total. The summed E-state index contributed by atoms with van der Waals surface area (Å²) in [5.74, 6) is -1.12. The molecular formula is C17H24N2O4. The molecule has 23 heavy (non-hydrogen) atoms. The molecule has 0 heterocycles. The number of carbonyl (C=O) groups is 3. The minimum absolute atomic E-state index is 0.000429. The molecule has 0 saturated heterocycles. The van der Waals surface area contributed by atoms with Crippen LogP contribution < -0.4 is 10.6 Å². The molecule has 2 atom stereocenters. The van der Waals surface area contributed by atoms with Crippen molar-refractivity contribution in [2.45, 2.75) is 45.6 Å². The van der Waals surface area contributed by atoms with Crippen LogP contribution in [0.3, 0.4) is 0 Å². The largest absolute Gasteiger partial charge is 0.456 e. The van der Waals surface area contributed by atoms with Gasteiger partial charge in [-0.15, -0.1) is 0 Å². The molecule has 1 rings (SSSR count). The normalized spacial score (nSPS) is 12.8. The van der Waals surface area contributed by atoms with Crippen molar-refractivity contribution in [2.24, 2.45) is 0 Å². The van der Waals surface area contributed by atoms with E-state index in [4.69, 9.17) is 4.74 Å². The summed E-state index contributed by atoms with van der Waals surface area (Å²) in [6.45, 7) is 5.20. The van der Waals surface area contributed by atoms with Crippen molar-refractivity contribution in [3.8, 4) is 0 Å². The van der Waals surface area contributed by atoms with Gasteiger partial charge in [-0.25, -0.2) is 4.79 Å². The molecule has 3 amide bonds. The SMILES string of the molecule is CC[C@H](C)NC(=O)NC(=O)COC(=O)C[C@@H](C)c1ccccc1. The van der Waals surface area contributed by atoms with E-state index in [0.717, 1.165) is 12.0 Å². The molecule has 0 aromatic heterocycles. The van der Waals surface area contributed by atoms with Gasteiger partial charge in [-0.1, -0.05) is 44.2 Å². The van der Waals surface area contributed by atoms with Crippen LogP contribution in [-0.4, -0.2) is 30.6 Å². The molecule has 0 unspecified atom stereocenters. The van der Waals surface area contributed by atoms with Gasteiger partial charge in [-0.3, -0.25) is 14.9 Å². The standard InChI is InChI=1S/C17H24N2O4/c1-4-13(3)18-17(22)19-15(20)11-23-16(21)10-12(2)14-8-6-5-7-9-14/h5-9,12-13H,4,10-11H2,1-3H3,(H2,18,19,20,22)/t12-,13+/m1/s1. The molecule has 0 aliphatic carbocycles. The number of ether oxygens (including phenoxy) is 1. The monoisotopic (exact) mass is 320 g/mol. The second kappa shape index (κ2) is 9.61. The van der Waals surface area contributed by atoms with Gasteiger partial charge in [0.25, 0.3) is 5.91 Å². The summed E-state index contributed by atoms with van der Waals surface area (Å²) in [6, 6.07) is 8.97. The van der Waals surface area contributed by atoms with Gasteiger partial charge in [0, 0.05) is 6.04 Å². The van der Waals surface area contributed by atoms with Crippen LogP contribution in [0.4, 0.5) is 4.79 Å². The van der Waals surface area contributed by atoms with E-state index in [1.165, 1.54) is 0 Å². The fraction of sp³-hybridized carbons (Fsp3) is 0.471. The zero-order chi connectivity index (χ0) is 17.2. The lowest BCUT2D eigenvalue weighted by molar-refractivity contribution is -0.148. The quantitative estimate of drug-likeness (QED) is 0.755. The fourth-order valence-electron chi connectivity index (χ4n) is 1.88. The average molecular weight is 320 g/mol. The van der Waals surface area contributed by atoms with Crippen LogP contribution in [0.1, 0.15) is 45.1 Å². The topological polar surface area (TPSA) is 84.5 Å². The molecule has 0 spiro atoms. The average Bonchev–Trinajstić information content (AvgIpc) is 2.53. The summed E-state index contributed by atoms with van der Waals surface area (Å²) < 4.78 is 4.90. The highest BCUT2D eigenvalue weighted by Crippen LogP contribution is 2.18. The van der Waals surface area contributed by atoms with E-state index in [9.17, 15) is 14.4 Å². The van der Waals surface area contributed by atoms with Crippen LogP contribution in [0.25, 0.3) is 0 Å². The number of carbonyl (C=O) groups excluding carboxylic acids is 3. The first kappa shape index (κ1) is 18.7. The molecule has 1 aromatic carbocycles. The molecule has 0 aliphatic heterocycles. The third-order valence-corrected chi connectivity index (χ3v) is 3.45. The highest BCUT2D eigenvalue weighted by atomic mass is 16.5. The molecule has 0 aliphatic rings. The van der Waals surface area contributed by atoms with Crippen LogP contribution in [0.15, 0.2) is 30.3 Å². The van der Waals surface area contributed by atoms with Gasteiger partial charge in [-0.2, -0.15) is 0 Å². The Labute approximate surface area is 136 Å². The lowest BCUT2D eigenvalue weighted by Crippen LogP contribution is -2.44. The molecule has 0 saturated carbocycles. The Morgan fingerprint density at radius 2 is 1.78 bits per heavy atom. The second-order valence-corrected chi connectivity index (χ2v) is 5.51. The summed E-state index contributed by atoms with van der Waals surface area (Å²) in [5, 5.41) is 4.71. The van der Waals surface area contributed by atoms with Crippen LogP contribution in [0.5, 0.6) is 0 Å². The van der Waals surface area contributed by atoms with E-state index in [-0.39, 0.29) is 18.4 Å². The number of rotatable bonds is 7. The molecule has 0 radical (unpaired) electrons. The van der Waals surface area contributed by atoms with Gasteiger partial charge in [0.2, 0.25) is 0 Å². The summed E-state index contributed by atoms with van der Waals surface area (Å²) in [5.41, 5.74) is 1.03. The number of hydrogen-bond acceptors (Lipinski definition) is 4. The third-order valence-electron chi connectivity index (χ3n) is 3.45. The Balaban J connectivity index is 2.30.